The molecule has 16 heavy (non-hydrogen) atoms. The summed E-state index contributed by atoms with van der Waals surface area (Å²) in [5, 5.41) is 3.68. The van der Waals surface area contributed by atoms with E-state index in [0.29, 0.717) is 0 Å². The van der Waals surface area contributed by atoms with E-state index in [1.165, 1.54) is 57.2 Å². The topological polar surface area (TPSA) is 40.7 Å². The van der Waals surface area contributed by atoms with E-state index in [1.54, 1.807) is 6.33 Å². The number of aryl methyl sites for hydroxylation is 1. The van der Waals surface area contributed by atoms with Gasteiger partial charge in [0, 0.05) is 17.9 Å². The van der Waals surface area contributed by atoms with Crippen LogP contribution in [0.4, 0.5) is 0 Å². The number of aromatic nitrogens is 2. The number of unbranched alkanes of at least 4 members (excludes halogenated alkanes) is 1. The van der Waals surface area contributed by atoms with E-state index in [2.05, 4.69) is 15.3 Å². The van der Waals surface area contributed by atoms with Crippen molar-refractivity contribution in [1.29, 1.82) is 0 Å². The minimum atomic E-state index is 0.806. The fourth-order valence-electron chi connectivity index (χ4n) is 2.47. The summed E-state index contributed by atoms with van der Waals surface area (Å²) in [7, 11) is 0. The zero-order valence-electron chi connectivity index (χ0n) is 10.0. The molecule has 1 saturated carbocycles. The highest BCUT2D eigenvalue weighted by atomic mass is 14.9. The van der Waals surface area contributed by atoms with Gasteiger partial charge in [0.2, 0.25) is 0 Å². The molecule has 90 valence electrons. The molecule has 0 spiro atoms. The van der Waals surface area contributed by atoms with E-state index in [-0.39, 0.29) is 0 Å². The van der Waals surface area contributed by atoms with E-state index in [4.69, 9.17) is 0 Å². The lowest BCUT2D eigenvalue weighted by Gasteiger charge is -2.22. The molecule has 0 atom stereocenters. The molecule has 0 aromatic carbocycles. The number of aromatic amines is 1. The average molecular weight is 221 g/mol. The lowest BCUT2D eigenvalue weighted by molar-refractivity contribution is 0.371. The van der Waals surface area contributed by atoms with Gasteiger partial charge in [0.1, 0.15) is 0 Å². The fourth-order valence-corrected chi connectivity index (χ4v) is 2.47. The maximum Gasteiger partial charge on any atom is 0.0921 e. The van der Waals surface area contributed by atoms with Crippen LogP contribution in [0, 0.1) is 0 Å². The van der Waals surface area contributed by atoms with Crippen LogP contribution in [0.2, 0.25) is 0 Å². The summed E-state index contributed by atoms with van der Waals surface area (Å²) in [6, 6.07) is 0.806. The molecule has 3 heteroatoms. The molecule has 2 rings (SSSR count). The first kappa shape index (κ1) is 11.6. The van der Waals surface area contributed by atoms with Gasteiger partial charge in [0.15, 0.2) is 0 Å². The van der Waals surface area contributed by atoms with E-state index < -0.39 is 0 Å². The van der Waals surface area contributed by atoms with Crippen LogP contribution in [0.3, 0.4) is 0 Å². The maximum absolute atomic E-state index is 4.02. The zero-order chi connectivity index (χ0) is 11.1. The minimum Gasteiger partial charge on any atom is -0.348 e. The van der Waals surface area contributed by atoms with Gasteiger partial charge in [-0.2, -0.15) is 0 Å². The smallest absolute Gasteiger partial charge is 0.0921 e. The van der Waals surface area contributed by atoms with Gasteiger partial charge < -0.3 is 10.3 Å². The van der Waals surface area contributed by atoms with Crippen LogP contribution in [0.15, 0.2) is 12.5 Å². The Balaban J connectivity index is 1.48. The van der Waals surface area contributed by atoms with Gasteiger partial charge in [-0.1, -0.05) is 19.3 Å². The van der Waals surface area contributed by atoms with Gasteiger partial charge in [-0.05, 0) is 38.6 Å². The lowest BCUT2D eigenvalue weighted by Crippen LogP contribution is -2.31. The second kappa shape index (κ2) is 6.69. The van der Waals surface area contributed by atoms with Crippen LogP contribution in [0.1, 0.15) is 50.6 Å². The number of hydrogen-bond donors (Lipinski definition) is 2. The molecule has 1 fully saturated rings. The minimum absolute atomic E-state index is 0.806. The number of hydrogen-bond acceptors (Lipinski definition) is 2. The number of nitrogens with zero attached hydrogens (tertiary/aromatic N) is 1. The van der Waals surface area contributed by atoms with Gasteiger partial charge in [0.05, 0.1) is 6.33 Å². The largest absolute Gasteiger partial charge is 0.348 e. The molecule has 0 aliphatic heterocycles. The van der Waals surface area contributed by atoms with Crippen LogP contribution in [0.25, 0.3) is 0 Å². The van der Waals surface area contributed by atoms with Crippen molar-refractivity contribution in [3.8, 4) is 0 Å². The predicted octanol–water partition coefficient (Wildman–Crippen LogP) is 2.65. The van der Waals surface area contributed by atoms with Crippen molar-refractivity contribution in [2.24, 2.45) is 0 Å². The molecule has 1 aromatic heterocycles. The van der Waals surface area contributed by atoms with E-state index in [1.807, 2.05) is 6.20 Å². The summed E-state index contributed by atoms with van der Waals surface area (Å²) in [4.78, 5) is 7.17. The summed E-state index contributed by atoms with van der Waals surface area (Å²) >= 11 is 0. The normalized spacial score (nSPS) is 17.8. The quantitative estimate of drug-likeness (QED) is 0.725. The van der Waals surface area contributed by atoms with Crippen molar-refractivity contribution in [3.63, 3.8) is 0 Å². The SMILES string of the molecule is c1ncc(CCCCNC2CCCCC2)[nH]1. The molecule has 0 saturated heterocycles. The molecular formula is C13H23N3. The Bertz CT molecular complexity index is 263. The van der Waals surface area contributed by atoms with Crippen LogP contribution in [0.5, 0.6) is 0 Å². The Morgan fingerprint density at radius 2 is 2.12 bits per heavy atom. The monoisotopic (exact) mass is 221 g/mol. The molecule has 3 nitrogen and oxygen atoms in total. The third-order valence-corrected chi connectivity index (χ3v) is 3.47. The number of rotatable bonds is 6. The van der Waals surface area contributed by atoms with Crippen molar-refractivity contribution in [3.05, 3.63) is 18.2 Å². The molecule has 1 aliphatic rings. The third kappa shape index (κ3) is 3.97. The molecule has 0 radical (unpaired) electrons. The molecular weight excluding hydrogens is 198 g/mol. The summed E-state index contributed by atoms with van der Waals surface area (Å²) in [5.74, 6) is 0. The zero-order valence-corrected chi connectivity index (χ0v) is 10.0. The molecule has 2 N–H and O–H groups in total. The van der Waals surface area contributed by atoms with Crippen molar-refractivity contribution in [2.45, 2.75) is 57.4 Å². The first-order chi connectivity index (χ1) is 7.95. The number of imidazole rings is 1. The van der Waals surface area contributed by atoms with Crippen LogP contribution in [-0.4, -0.2) is 22.6 Å². The molecule has 1 aromatic rings. The second-order valence-electron chi connectivity index (χ2n) is 4.82. The van der Waals surface area contributed by atoms with Crippen LogP contribution >= 0.6 is 0 Å². The summed E-state index contributed by atoms with van der Waals surface area (Å²) in [6.45, 7) is 1.18. The first-order valence-corrected chi connectivity index (χ1v) is 6.66. The maximum atomic E-state index is 4.02. The van der Waals surface area contributed by atoms with Crippen molar-refractivity contribution in [2.75, 3.05) is 6.54 Å². The Morgan fingerprint density at radius 3 is 2.88 bits per heavy atom. The van der Waals surface area contributed by atoms with Gasteiger partial charge in [-0.25, -0.2) is 4.98 Å². The Morgan fingerprint density at radius 1 is 1.25 bits per heavy atom. The molecule has 1 aliphatic carbocycles. The molecule has 1 heterocycles. The fraction of sp³-hybridized carbons (Fsp3) is 0.769. The second-order valence-corrected chi connectivity index (χ2v) is 4.82. The molecule has 0 bridgehead atoms. The number of nitrogens with one attached hydrogen (secondary N) is 2. The van der Waals surface area contributed by atoms with E-state index >= 15 is 0 Å². The van der Waals surface area contributed by atoms with E-state index in [0.717, 1.165) is 12.5 Å². The van der Waals surface area contributed by atoms with Gasteiger partial charge in [-0.3, -0.25) is 0 Å². The van der Waals surface area contributed by atoms with Crippen LogP contribution in [-0.2, 0) is 6.42 Å². The van der Waals surface area contributed by atoms with Gasteiger partial charge in [0.25, 0.3) is 0 Å². The summed E-state index contributed by atoms with van der Waals surface area (Å²) in [5.41, 5.74) is 1.26. The molecule has 0 amide bonds. The highest BCUT2D eigenvalue weighted by molar-refractivity contribution is 4.93. The lowest BCUT2D eigenvalue weighted by atomic mass is 9.95. The Labute approximate surface area is 98.1 Å². The van der Waals surface area contributed by atoms with Crippen molar-refractivity contribution in [1.82, 2.24) is 15.3 Å². The van der Waals surface area contributed by atoms with Gasteiger partial charge in [-0.15, -0.1) is 0 Å². The Hall–Kier alpha value is -0.830. The average Bonchev–Trinajstić information content (AvgIpc) is 2.83. The van der Waals surface area contributed by atoms with Crippen molar-refractivity contribution < 1.29 is 0 Å². The first-order valence-electron chi connectivity index (χ1n) is 6.66. The van der Waals surface area contributed by atoms with E-state index in [9.17, 15) is 0 Å². The van der Waals surface area contributed by atoms with Crippen LogP contribution < -0.4 is 5.32 Å². The summed E-state index contributed by atoms with van der Waals surface area (Å²) in [6.07, 6.45) is 14.4. The predicted molar refractivity (Wildman–Crippen MR) is 66.4 cm³/mol. The third-order valence-electron chi connectivity index (χ3n) is 3.47. The Kier molecular flexibility index (Phi) is 4.87. The molecule has 0 unspecified atom stereocenters. The van der Waals surface area contributed by atoms with Gasteiger partial charge >= 0.3 is 0 Å². The number of H-pyrrole nitrogens is 1. The van der Waals surface area contributed by atoms with Crippen molar-refractivity contribution >= 4 is 0 Å². The highest BCUT2D eigenvalue weighted by Crippen LogP contribution is 2.17. The highest BCUT2D eigenvalue weighted by Gasteiger charge is 2.11. The standard InChI is InChI=1S/C13H23N3/c1-2-6-12(7-3-1)15-9-5-4-8-13-10-14-11-16-13/h10-12,15H,1-9H2,(H,14,16). The summed E-state index contributed by atoms with van der Waals surface area (Å²) < 4.78 is 0.